The van der Waals surface area contributed by atoms with Crippen molar-refractivity contribution >= 4 is 5.96 Å². The number of aliphatic imine (C=N–C) groups is 1. The van der Waals surface area contributed by atoms with Crippen molar-refractivity contribution in [1.82, 2.24) is 10.6 Å². The van der Waals surface area contributed by atoms with Gasteiger partial charge in [-0.05, 0) is 30.5 Å². The van der Waals surface area contributed by atoms with E-state index in [1.807, 2.05) is 12.1 Å². The molecule has 0 radical (unpaired) electrons. The molecule has 0 atom stereocenters. The van der Waals surface area contributed by atoms with Gasteiger partial charge in [-0.1, -0.05) is 12.1 Å². The first-order valence-corrected chi connectivity index (χ1v) is 6.90. The number of halogens is 1. The monoisotopic (exact) mass is 279 g/mol. The van der Waals surface area contributed by atoms with E-state index in [0.29, 0.717) is 6.61 Å². The molecule has 0 unspecified atom stereocenters. The Hall–Kier alpha value is -1.62. The highest BCUT2D eigenvalue weighted by Gasteiger charge is 2.44. The minimum Gasteiger partial charge on any atom is -0.383 e. The third-order valence-electron chi connectivity index (χ3n) is 3.73. The van der Waals surface area contributed by atoms with Gasteiger partial charge < -0.3 is 15.4 Å². The molecule has 110 valence electrons. The molecule has 0 spiro atoms. The van der Waals surface area contributed by atoms with E-state index < -0.39 is 0 Å². The summed E-state index contributed by atoms with van der Waals surface area (Å²) < 4.78 is 18.0. The maximum Gasteiger partial charge on any atom is 0.191 e. The van der Waals surface area contributed by atoms with Crippen LogP contribution in [0.4, 0.5) is 4.39 Å². The summed E-state index contributed by atoms with van der Waals surface area (Å²) >= 11 is 0. The summed E-state index contributed by atoms with van der Waals surface area (Å²) in [7, 11) is 3.42. The van der Waals surface area contributed by atoms with Gasteiger partial charge in [0, 0.05) is 32.7 Å². The summed E-state index contributed by atoms with van der Waals surface area (Å²) in [6.45, 7) is 2.18. The molecule has 0 aromatic heterocycles. The molecule has 2 N–H and O–H groups in total. The van der Waals surface area contributed by atoms with Gasteiger partial charge >= 0.3 is 0 Å². The Morgan fingerprint density at radius 3 is 2.55 bits per heavy atom. The van der Waals surface area contributed by atoms with E-state index in [0.717, 1.165) is 31.9 Å². The van der Waals surface area contributed by atoms with Crippen molar-refractivity contribution in [2.75, 3.05) is 33.9 Å². The molecule has 20 heavy (non-hydrogen) atoms. The number of guanidine groups is 1. The smallest absolute Gasteiger partial charge is 0.191 e. The van der Waals surface area contributed by atoms with Crippen LogP contribution in [0.15, 0.2) is 29.3 Å². The Bertz CT molecular complexity index is 455. The number of methoxy groups -OCH3 is 1. The Morgan fingerprint density at radius 2 is 2.00 bits per heavy atom. The lowest BCUT2D eigenvalue weighted by Crippen LogP contribution is -2.42. The standard InChI is InChI=1S/C15H22FN3O/c1-17-14(18-9-10-20-2)19-11-15(7-8-15)12-3-5-13(16)6-4-12/h3-6H,7-11H2,1-2H3,(H2,17,18,19). The zero-order chi connectivity index (χ0) is 14.4. The van der Waals surface area contributed by atoms with Crippen molar-refractivity contribution in [2.45, 2.75) is 18.3 Å². The van der Waals surface area contributed by atoms with Gasteiger partial charge in [-0.3, -0.25) is 4.99 Å². The van der Waals surface area contributed by atoms with E-state index in [4.69, 9.17) is 4.74 Å². The fraction of sp³-hybridized carbons (Fsp3) is 0.533. The molecule has 0 heterocycles. The molecule has 4 nitrogen and oxygen atoms in total. The molecule has 5 heteroatoms. The summed E-state index contributed by atoms with van der Waals surface area (Å²) in [5.74, 6) is 0.588. The van der Waals surface area contributed by atoms with Crippen LogP contribution in [0.3, 0.4) is 0 Å². The summed E-state index contributed by atoms with van der Waals surface area (Å²) in [6.07, 6.45) is 2.25. The third kappa shape index (κ3) is 3.70. The number of rotatable bonds is 6. The van der Waals surface area contributed by atoms with Gasteiger partial charge in [0.05, 0.1) is 6.61 Å². The first-order valence-electron chi connectivity index (χ1n) is 6.90. The van der Waals surface area contributed by atoms with Crippen molar-refractivity contribution < 1.29 is 9.13 Å². The molecule has 1 saturated carbocycles. The number of benzene rings is 1. The first-order chi connectivity index (χ1) is 9.70. The first kappa shape index (κ1) is 14.8. The van der Waals surface area contributed by atoms with Gasteiger partial charge in [0.1, 0.15) is 5.82 Å². The molecule has 1 fully saturated rings. The molecule has 0 bridgehead atoms. The Kier molecular flexibility index (Phi) is 4.95. The van der Waals surface area contributed by atoms with Gasteiger partial charge in [0.25, 0.3) is 0 Å². The van der Waals surface area contributed by atoms with Crippen LogP contribution in [-0.4, -0.2) is 39.8 Å². The highest BCUT2D eigenvalue weighted by atomic mass is 19.1. The minimum absolute atomic E-state index is 0.132. The van der Waals surface area contributed by atoms with Gasteiger partial charge in [-0.2, -0.15) is 0 Å². The number of nitrogens with zero attached hydrogens (tertiary/aromatic N) is 1. The van der Waals surface area contributed by atoms with E-state index in [-0.39, 0.29) is 11.2 Å². The van der Waals surface area contributed by atoms with Crippen LogP contribution in [0.25, 0.3) is 0 Å². The van der Waals surface area contributed by atoms with Crippen molar-refractivity contribution in [3.05, 3.63) is 35.6 Å². The molecule has 1 aromatic carbocycles. The Labute approximate surface area is 119 Å². The maximum absolute atomic E-state index is 13.0. The van der Waals surface area contributed by atoms with Crippen LogP contribution in [0.1, 0.15) is 18.4 Å². The van der Waals surface area contributed by atoms with E-state index in [2.05, 4.69) is 15.6 Å². The number of hydrogen-bond acceptors (Lipinski definition) is 2. The zero-order valence-corrected chi connectivity index (χ0v) is 12.1. The second-order valence-electron chi connectivity index (χ2n) is 5.13. The fourth-order valence-corrected chi connectivity index (χ4v) is 2.27. The summed E-state index contributed by atoms with van der Waals surface area (Å²) in [5.41, 5.74) is 1.32. The van der Waals surface area contributed by atoms with Crippen LogP contribution < -0.4 is 10.6 Å². The topological polar surface area (TPSA) is 45.7 Å². The van der Waals surface area contributed by atoms with E-state index in [1.54, 1.807) is 14.2 Å². The van der Waals surface area contributed by atoms with Gasteiger partial charge in [-0.25, -0.2) is 4.39 Å². The highest BCUT2D eigenvalue weighted by Crippen LogP contribution is 2.47. The van der Waals surface area contributed by atoms with Crippen LogP contribution in [-0.2, 0) is 10.2 Å². The van der Waals surface area contributed by atoms with Crippen LogP contribution in [0.2, 0.25) is 0 Å². The van der Waals surface area contributed by atoms with Gasteiger partial charge in [0.15, 0.2) is 5.96 Å². The summed E-state index contributed by atoms with van der Waals surface area (Å²) in [5, 5.41) is 6.52. The van der Waals surface area contributed by atoms with Crippen molar-refractivity contribution in [3.8, 4) is 0 Å². The fourth-order valence-electron chi connectivity index (χ4n) is 2.27. The van der Waals surface area contributed by atoms with Crippen molar-refractivity contribution in [1.29, 1.82) is 0 Å². The molecule has 2 rings (SSSR count). The van der Waals surface area contributed by atoms with Crippen LogP contribution >= 0.6 is 0 Å². The summed E-state index contributed by atoms with van der Waals surface area (Å²) in [4.78, 5) is 4.18. The SMILES string of the molecule is CN=C(NCCOC)NCC1(c2ccc(F)cc2)CC1. The Balaban J connectivity index is 1.87. The highest BCUT2D eigenvalue weighted by molar-refractivity contribution is 5.79. The second kappa shape index (κ2) is 6.70. The average Bonchev–Trinajstić information content (AvgIpc) is 3.24. The summed E-state index contributed by atoms with van der Waals surface area (Å²) in [6, 6.07) is 6.82. The largest absolute Gasteiger partial charge is 0.383 e. The molecule has 0 saturated heterocycles. The van der Waals surface area contributed by atoms with Crippen LogP contribution in [0.5, 0.6) is 0 Å². The Morgan fingerprint density at radius 1 is 1.30 bits per heavy atom. The normalized spacial score (nSPS) is 16.9. The molecular weight excluding hydrogens is 257 g/mol. The number of hydrogen-bond donors (Lipinski definition) is 2. The van der Waals surface area contributed by atoms with E-state index >= 15 is 0 Å². The molecule has 1 aromatic rings. The maximum atomic E-state index is 13.0. The van der Waals surface area contributed by atoms with Gasteiger partial charge in [0.2, 0.25) is 0 Å². The van der Waals surface area contributed by atoms with Crippen molar-refractivity contribution in [2.24, 2.45) is 4.99 Å². The molecular formula is C15H22FN3O. The lowest BCUT2D eigenvalue weighted by Gasteiger charge is -2.19. The lowest BCUT2D eigenvalue weighted by atomic mass is 9.96. The van der Waals surface area contributed by atoms with E-state index in [1.165, 1.54) is 17.7 Å². The van der Waals surface area contributed by atoms with Gasteiger partial charge in [-0.15, -0.1) is 0 Å². The predicted octanol–water partition coefficient (Wildman–Crippen LogP) is 1.67. The quantitative estimate of drug-likeness (QED) is 0.473. The third-order valence-corrected chi connectivity index (χ3v) is 3.73. The minimum atomic E-state index is -0.186. The lowest BCUT2D eigenvalue weighted by molar-refractivity contribution is 0.203. The number of ether oxygens (including phenoxy) is 1. The molecule has 1 aliphatic carbocycles. The van der Waals surface area contributed by atoms with E-state index in [9.17, 15) is 4.39 Å². The second-order valence-corrected chi connectivity index (χ2v) is 5.13. The molecule has 0 aliphatic heterocycles. The zero-order valence-electron chi connectivity index (χ0n) is 12.1. The predicted molar refractivity (Wildman–Crippen MR) is 78.6 cm³/mol. The van der Waals surface area contributed by atoms with Crippen LogP contribution in [0, 0.1) is 5.82 Å². The molecule has 0 amide bonds. The molecule has 1 aliphatic rings. The number of nitrogens with one attached hydrogen (secondary N) is 2. The average molecular weight is 279 g/mol. The van der Waals surface area contributed by atoms with Crippen molar-refractivity contribution in [3.63, 3.8) is 0 Å².